The number of fused-ring (bicyclic) bond motifs is 1. The fraction of sp³-hybridized carbons (Fsp3) is 0.154. The lowest BCUT2D eigenvalue weighted by molar-refractivity contribution is -0.121. The van der Waals surface area contributed by atoms with Crippen molar-refractivity contribution in [2.24, 2.45) is 0 Å². The molecule has 2 aromatic rings. The number of hydrogen-bond donors (Lipinski definition) is 1. The van der Waals surface area contributed by atoms with Crippen LogP contribution in [0.4, 0.5) is 4.39 Å². The second-order valence-corrected chi connectivity index (χ2v) is 6.85. The molecular formula is C13H12ClFN2O3S. The average Bonchev–Trinajstić information content (AvgIpc) is 2.74. The molecule has 0 unspecified atom stereocenters. The SMILES string of the molecule is C=CCNC(=O)Cn1cc(S(=O)(=O)Cl)c2cc(F)ccc21. The van der Waals surface area contributed by atoms with Crippen molar-refractivity contribution < 1.29 is 17.6 Å². The molecule has 5 nitrogen and oxygen atoms in total. The first kappa shape index (κ1) is 15.5. The van der Waals surface area contributed by atoms with E-state index in [0.717, 1.165) is 6.07 Å². The summed E-state index contributed by atoms with van der Waals surface area (Å²) in [7, 11) is 1.30. The summed E-state index contributed by atoms with van der Waals surface area (Å²) in [5, 5.41) is 2.71. The number of carbonyl (C=O) groups excluding carboxylic acids is 1. The Labute approximate surface area is 125 Å². The molecule has 0 atom stereocenters. The lowest BCUT2D eigenvalue weighted by Crippen LogP contribution is -2.27. The van der Waals surface area contributed by atoms with Crippen LogP contribution in [-0.4, -0.2) is 25.4 Å². The van der Waals surface area contributed by atoms with Crippen molar-refractivity contribution in [2.75, 3.05) is 6.54 Å². The van der Waals surface area contributed by atoms with Crippen molar-refractivity contribution in [1.82, 2.24) is 9.88 Å². The van der Waals surface area contributed by atoms with Crippen LogP contribution in [0.5, 0.6) is 0 Å². The molecule has 0 radical (unpaired) electrons. The molecule has 0 saturated carbocycles. The van der Waals surface area contributed by atoms with Crippen LogP contribution in [0.3, 0.4) is 0 Å². The fourth-order valence-electron chi connectivity index (χ4n) is 1.96. The molecular weight excluding hydrogens is 319 g/mol. The van der Waals surface area contributed by atoms with Crippen LogP contribution in [0.2, 0.25) is 0 Å². The van der Waals surface area contributed by atoms with E-state index in [1.807, 2.05) is 0 Å². The van der Waals surface area contributed by atoms with E-state index in [1.165, 1.54) is 29.0 Å². The molecule has 0 aliphatic rings. The molecule has 1 N–H and O–H groups in total. The maximum absolute atomic E-state index is 13.3. The topological polar surface area (TPSA) is 68.2 Å². The highest BCUT2D eigenvalue weighted by molar-refractivity contribution is 8.14. The van der Waals surface area contributed by atoms with Gasteiger partial charge in [-0.2, -0.15) is 0 Å². The monoisotopic (exact) mass is 330 g/mol. The molecule has 8 heteroatoms. The summed E-state index contributed by atoms with van der Waals surface area (Å²) in [6.07, 6.45) is 2.75. The Morgan fingerprint density at radius 2 is 2.19 bits per heavy atom. The number of halogens is 2. The quantitative estimate of drug-likeness (QED) is 0.673. The Morgan fingerprint density at radius 1 is 1.48 bits per heavy atom. The summed E-state index contributed by atoms with van der Waals surface area (Å²) in [6.45, 7) is 3.67. The van der Waals surface area contributed by atoms with Gasteiger partial charge < -0.3 is 9.88 Å². The number of hydrogen-bond acceptors (Lipinski definition) is 3. The third-order valence-corrected chi connectivity index (χ3v) is 4.18. The zero-order valence-corrected chi connectivity index (χ0v) is 12.4. The van der Waals surface area contributed by atoms with Gasteiger partial charge in [-0.15, -0.1) is 6.58 Å². The van der Waals surface area contributed by atoms with E-state index in [9.17, 15) is 17.6 Å². The molecule has 0 fully saturated rings. The zero-order valence-electron chi connectivity index (χ0n) is 10.8. The van der Waals surface area contributed by atoms with Crippen LogP contribution in [0.15, 0.2) is 41.9 Å². The number of nitrogens with zero attached hydrogens (tertiary/aromatic N) is 1. The summed E-state index contributed by atoms with van der Waals surface area (Å²) in [5.74, 6) is -0.910. The minimum absolute atomic E-state index is 0.109. The highest BCUT2D eigenvalue weighted by Crippen LogP contribution is 2.28. The van der Waals surface area contributed by atoms with Gasteiger partial charge in [-0.1, -0.05) is 6.08 Å². The fourth-order valence-corrected chi connectivity index (χ4v) is 3.01. The van der Waals surface area contributed by atoms with Crippen LogP contribution in [-0.2, 0) is 20.4 Å². The first-order valence-electron chi connectivity index (χ1n) is 5.93. The number of carbonyl (C=O) groups is 1. The number of benzene rings is 1. The second-order valence-electron chi connectivity index (χ2n) is 4.31. The molecule has 1 aromatic carbocycles. The van der Waals surface area contributed by atoms with E-state index in [0.29, 0.717) is 12.1 Å². The number of nitrogens with one attached hydrogen (secondary N) is 1. The first-order chi connectivity index (χ1) is 9.82. The van der Waals surface area contributed by atoms with E-state index >= 15 is 0 Å². The van der Waals surface area contributed by atoms with Crippen molar-refractivity contribution in [1.29, 1.82) is 0 Å². The van der Waals surface area contributed by atoms with E-state index < -0.39 is 14.9 Å². The number of rotatable bonds is 5. The molecule has 2 rings (SSSR count). The number of aromatic nitrogens is 1. The van der Waals surface area contributed by atoms with E-state index in [-0.39, 0.29) is 22.7 Å². The Balaban J connectivity index is 2.50. The summed E-state index contributed by atoms with van der Waals surface area (Å²) < 4.78 is 37.8. The minimum atomic E-state index is -4.04. The molecule has 0 bridgehead atoms. The van der Waals surface area contributed by atoms with Crippen LogP contribution in [0, 0.1) is 5.82 Å². The molecule has 0 aliphatic heterocycles. The molecule has 1 aromatic heterocycles. The van der Waals surface area contributed by atoms with Gasteiger partial charge in [0.05, 0.1) is 5.52 Å². The van der Waals surface area contributed by atoms with E-state index in [1.54, 1.807) is 0 Å². The van der Waals surface area contributed by atoms with Gasteiger partial charge in [0, 0.05) is 28.8 Å². The van der Waals surface area contributed by atoms with Crippen LogP contribution < -0.4 is 5.32 Å². The highest BCUT2D eigenvalue weighted by Gasteiger charge is 2.20. The third kappa shape index (κ3) is 3.43. The van der Waals surface area contributed by atoms with Gasteiger partial charge in [0.2, 0.25) is 5.91 Å². The standard InChI is InChI=1S/C13H12ClFN2O3S/c1-2-5-16-13(18)8-17-7-12(21(14,19)20)10-6-9(15)3-4-11(10)17/h2-4,6-7H,1,5,8H2,(H,16,18). The maximum atomic E-state index is 13.3. The summed E-state index contributed by atoms with van der Waals surface area (Å²) in [5.41, 5.74) is 0.407. The van der Waals surface area contributed by atoms with E-state index in [2.05, 4.69) is 11.9 Å². The molecule has 1 amide bonds. The molecule has 0 saturated heterocycles. The van der Waals surface area contributed by atoms with Crippen molar-refractivity contribution in [3.63, 3.8) is 0 Å². The molecule has 0 aliphatic carbocycles. The van der Waals surface area contributed by atoms with Crippen molar-refractivity contribution in [2.45, 2.75) is 11.4 Å². The summed E-state index contributed by atoms with van der Waals surface area (Å²) >= 11 is 0. The van der Waals surface area contributed by atoms with Crippen molar-refractivity contribution in [3.8, 4) is 0 Å². The normalized spacial score (nSPS) is 11.5. The van der Waals surface area contributed by atoms with Gasteiger partial charge in [0.25, 0.3) is 9.05 Å². The lowest BCUT2D eigenvalue weighted by Gasteiger charge is -2.05. The molecule has 112 valence electrons. The maximum Gasteiger partial charge on any atom is 0.263 e. The lowest BCUT2D eigenvalue weighted by atomic mass is 10.2. The second kappa shape index (κ2) is 5.87. The average molecular weight is 331 g/mol. The Kier molecular flexibility index (Phi) is 4.34. The summed E-state index contributed by atoms with van der Waals surface area (Å²) in [6, 6.07) is 3.66. The Morgan fingerprint density at radius 3 is 2.81 bits per heavy atom. The predicted octanol–water partition coefficient (Wildman–Crippen LogP) is 2.01. The minimum Gasteiger partial charge on any atom is -0.351 e. The Bertz CT molecular complexity index is 814. The smallest absolute Gasteiger partial charge is 0.263 e. The van der Waals surface area contributed by atoms with Gasteiger partial charge in [0.1, 0.15) is 17.3 Å². The Hall–Kier alpha value is -1.86. The van der Waals surface area contributed by atoms with Crippen molar-refractivity contribution in [3.05, 3.63) is 42.9 Å². The van der Waals surface area contributed by atoms with Crippen LogP contribution in [0.25, 0.3) is 10.9 Å². The number of amides is 1. The zero-order chi connectivity index (χ0) is 15.6. The predicted molar refractivity (Wildman–Crippen MR) is 78.1 cm³/mol. The van der Waals surface area contributed by atoms with E-state index in [4.69, 9.17) is 10.7 Å². The largest absolute Gasteiger partial charge is 0.351 e. The van der Waals surface area contributed by atoms with Gasteiger partial charge in [-0.05, 0) is 18.2 Å². The molecule has 21 heavy (non-hydrogen) atoms. The van der Waals surface area contributed by atoms with Gasteiger partial charge >= 0.3 is 0 Å². The van der Waals surface area contributed by atoms with Crippen LogP contribution >= 0.6 is 10.7 Å². The highest BCUT2D eigenvalue weighted by atomic mass is 35.7. The first-order valence-corrected chi connectivity index (χ1v) is 8.24. The van der Waals surface area contributed by atoms with Gasteiger partial charge in [0.15, 0.2) is 0 Å². The summed E-state index contributed by atoms with van der Waals surface area (Å²) in [4.78, 5) is 11.5. The molecule has 0 spiro atoms. The van der Waals surface area contributed by atoms with Gasteiger partial charge in [-0.3, -0.25) is 4.79 Å². The molecule has 1 heterocycles. The van der Waals surface area contributed by atoms with Crippen molar-refractivity contribution >= 4 is 36.5 Å². The van der Waals surface area contributed by atoms with Gasteiger partial charge in [-0.25, -0.2) is 12.8 Å². The third-order valence-electron chi connectivity index (χ3n) is 2.83. The van der Waals surface area contributed by atoms with Crippen LogP contribution in [0.1, 0.15) is 0 Å².